The first-order valence-electron chi connectivity index (χ1n) is 13.2. The van der Waals surface area contributed by atoms with Crippen LogP contribution in [0.3, 0.4) is 0 Å². The summed E-state index contributed by atoms with van der Waals surface area (Å²) in [5, 5.41) is 4.43. The molecule has 4 heterocycles. The zero-order chi connectivity index (χ0) is 27.5. The number of ether oxygens (including phenoxy) is 2. The van der Waals surface area contributed by atoms with E-state index in [1.54, 1.807) is 6.20 Å². The van der Waals surface area contributed by atoms with Gasteiger partial charge in [0.15, 0.2) is 0 Å². The summed E-state index contributed by atoms with van der Waals surface area (Å²) >= 11 is 0. The molecular weight excluding hydrogens is 508 g/mol. The highest BCUT2D eigenvalue weighted by molar-refractivity contribution is 5.90. The van der Waals surface area contributed by atoms with Crippen LogP contribution in [0, 0.1) is 6.92 Å². The van der Waals surface area contributed by atoms with Crippen LogP contribution in [0.5, 0.6) is 0 Å². The lowest BCUT2D eigenvalue weighted by Crippen LogP contribution is -2.46. The van der Waals surface area contributed by atoms with E-state index in [-0.39, 0.29) is 12.1 Å². The molecule has 1 aliphatic carbocycles. The maximum absolute atomic E-state index is 12.0. The fourth-order valence-corrected chi connectivity index (χ4v) is 5.80. The van der Waals surface area contributed by atoms with E-state index in [2.05, 4.69) is 27.2 Å². The SMILES string of the molecule is COC(=O)c1cnc(N2C3CC[C@H]2CC(OCc2c(-c4ccccc4)noc2C2CC2)C3)cc1C.O=C(F)F. The fraction of sp³-hybridized carbons (Fsp3) is 0.448. The summed E-state index contributed by atoms with van der Waals surface area (Å²) in [5.41, 5.74) is 4.53. The molecule has 206 valence electrons. The van der Waals surface area contributed by atoms with E-state index in [0.717, 1.165) is 59.6 Å². The summed E-state index contributed by atoms with van der Waals surface area (Å²) in [6, 6.07) is 13.1. The molecule has 10 heteroatoms. The van der Waals surface area contributed by atoms with E-state index in [1.165, 1.54) is 20.0 Å². The quantitative estimate of drug-likeness (QED) is 0.249. The minimum Gasteiger partial charge on any atom is -0.465 e. The summed E-state index contributed by atoms with van der Waals surface area (Å²) < 4.78 is 36.6. The van der Waals surface area contributed by atoms with Gasteiger partial charge in [0.25, 0.3) is 0 Å². The minimum atomic E-state index is -2.83. The van der Waals surface area contributed by atoms with Gasteiger partial charge in [-0.05, 0) is 57.1 Å². The molecule has 2 aromatic heterocycles. The number of halogens is 2. The van der Waals surface area contributed by atoms with E-state index in [0.29, 0.717) is 30.2 Å². The second kappa shape index (κ2) is 11.6. The highest BCUT2D eigenvalue weighted by atomic mass is 19.3. The molecule has 0 N–H and O–H groups in total. The molecule has 3 aromatic rings. The van der Waals surface area contributed by atoms with Crippen molar-refractivity contribution in [2.24, 2.45) is 0 Å². The van der Waals surface area contributed by atoms with Crippen molar-refractivity contribution < 1.29 is 32.4 Å². The van der Waals surface area contributed by atoms with Gasteiger partial charge in [-0.1, -0.05) is 35.5 Å². The Hall–Kier alpha value is -3.66. The number of aryl methyl sites for hydroxylation is 1. The smallest absolute Gasteiger partial charge is 0.465 e. The molecule has 3 aliphatic rings. The predicted molar refractivity (Wildman–Crippen MR) is 139 cm³/mol. The molecule has 2 aliphatic heterocycles. The van der Waals surface area contributed by atoms with Crippen molar-refractivity contribution in [1.29, 1.82) is 0 Å². The number of methoxy groups -OCH3 is 1. The number of anilines is 1. The number of hydrogen-bond acceptors (Lipinski definition) is 8. The summed E-state index contributed by atoms with van der Waals surface area (Å²) in [6.45, 7) is 2.48. The first kappa shape index (κ1) is 26.9. The van der Waals surface area contributed by atoms with Crippen molar-refractivity contribution in [3.8, 4) is 11.3 Å². The number of hydrogen-bond donors (Lipinski definition) is 0. The Morgan fingerprint density at radius 2 is 1.74 bits per heavy atom. The molecule has 0 spiro atoms. The van der Waals surface area contributed by atoms with E-state index >= 15 is 0 Å². The van der Waals surface area contributed by atoms with Gasteiger partial charge in [-0.3, -0.25) is 0 Å². The number of aromatic nitrogens is 2. The average molecular weight is 540 g/mol. The lowest BCUT2D eigenvalue weighted by atomic mass is 9.98. The molecular formula is C29H31F2N3O5. The van der Waals surface area contributed by atoms with Gasteiger partial charge in [0, 0.05) is 35.3 Å². The molecule has 1 saturated carbocycles. The third-order valence-corrected chi connectivity index (χ3v) is 7.73. The molecule has 6 rings (SSSR count). The van der Waals surface area contributed by atoms with E-state index in [9.17, 15) is 13.6 Å². The number of esters is 1. The number of carbonyl (C=O) groups is 2. The largest absolute Gasteiger partial charge is 0.483 e. The van der Waals surface area contributed by atoms with Crippen LogP contribution < -0.4 is 4.90 Å². The van der Waals surface area contributed by atoms with Crippen LogP contribution in [0.15, 0.2) is 47.1 Å². The Labute approximate surface area is 225 Å². The second-order valence-electron chi connectivity index (χ2n) is 10.3. The number of fused-ring (bicyclic) bond motifs is 2. The molecule has 2 bridgehead atoms. The van der Waals surface area contributed by atoms with Gasteiger partial charge in [-0.2, -0.15) is 0 Å². The topological polar surface area (TPSA) is 94.8 Å². The van der Waals surface area contributed by atoms with Crippen molar-refractivity contribution in [3.63, 3.8) is 0 Å². The second-order valence-corrected chi connectivity index (χ2v) is 10.3. The Kier molecular flexibility index (Phi) is 8.02. The van der Waals surface area contributed by atoms with Crippen LogP contribution in [0.1, 0.15) is 71.7 Å². The van der Waals surface area contributed by atoms with Crippen molar-refractivity contribution in [2.75, 3.05) is 12.0 Å². The Bertz CT molecular complexity index is 1310. The third kappa shape index (κ3) is 6.00. The molecule has 8 nitrogen and oxygen atoms in total. The van der Waals surface area contributed by atoms with Gasteiger partial charge in [0.2, 0.25) is 0 Å². The maximum Gasteiger partial charge on any atom is 0.483 e. The number of benzene rings is 1. The molecule has 2 saturated heterocycles. The van der Waals surface area contributed by atoms with E-state index < -0.39 is 6.29 Å². The first-order valence-corrected chi connectivity index (χ1v) is 13.2. The molecule has 0 amide bonds. The van der Waals surface area contributed by atoms with Crippen LogP contribution in [-0.2, 0) is 16.1 Å². The molecule has 2 unspecified atom stereocenters. The summed E-state index contributed by atoms with van der Waals surface area (Å²) in [6.07, 6.45) is 5.57. The van der Waals surface area contributed by atoms with Gasteiger partial charge in [0.1, 0.15) is 17.3 Å². The molecule has 39 heavy (non-hydrogen) atoms. The number of rotatable bonds is 7. The summed E-state index contributed by atoms with van der Waals surface area (Å²) in [7, 11) is 1.40. The normalized spacial score (nSPS) is 21.7. The van der Waals surface area contributed by atoms with Gasteiger partial charge >= 0.3 is 12.3 Å². The lowest BCUT2D eigenvalue weighted by Gasteiger charge is -2.39. The Balaban J connectivity index is 0.000000723. The Morgan fingerprint density at radius 1 is 1.08 bits per heavy atom. The fourth-order valence-electron chi connectivity index (χ4n) is 5.80. The Morgan fingerprint density at radius 3 is 2.33 bits per heavy atom. The van der Waals surface area contributed by atoms with Gasteiger partial charge in [0.05, 0.1) is 25.4 Å². The van der Waals surface area contributed by atoms with Crippen LogP contribution in [-0.4, -0.2) is 47.7 Å². The lowest BCUT2D eigenvalue weighted by molar-refractivity contribution is 0.0146. The van der Waals surface area contributed by atoms with Crippen LogP contribution >= 0.6 is 0 Å². The third-order valence-electron chi connectivity index (χ3n) is 7.73. The molecule has 3 fully saturated rings. The maximum atomic E-state index is 12.0. The highest BCUT2D eigenvalue weighted by Gasteiger charge is 2.42. The zero-order valence-corrected chi connectivity index (χ0v) is 21.9. The number of pyridine rings is 1. The van der Waals surface area contributed by atoms with Gasteiger partial charge in [-0.15, -0.1) is 8.78 Å². The van der Waals surface area contributed by atoms with Crippen LogP contribution in [0.2, 0.25) is 0 Å². The zero-order valence-electron chi connectivity index (χ0n) is 21.9. The molecule has 1 aromatic carbocycles. The predicted octanol–water partition coefficient (Wildman–Crippen LogP) is 6.47. The number of piperidine rings is 1. The monoisotopic (exact) mass is 539 g/mol. The van der Waals surface area contributed by atoms with Gasteiger partial charge < -0.3 is 18.9 Å². The number of nitrogens with zero attached hydrogens (tertiary/aromatic N) is 3. The van der Waals surface area contributed by atoms with Crippen LogP contribution in [0.4, 0.5) is 19.4 Å². The molecule has 0 radical (unpaired) electrons. The van der Waals surface area contributed by atoms with Crippen molar-refractivity contribution in [1.82, 2.24) is 10.1 Å². The van der Waals surface area contributed by atoms with Gasteiger partial charge in [-0.25, -0.2) is 14.6 Å². The van der Waals surface area contributed by atoms with Crippen molar-refractivity contribution in [3.05, 3.63) is 65.0 Å². The minimum absolute atomic E-state index is 0.199. The standard InChI is InChI=1S/C28H31N3O4.CF2O/c1-17-12-25(29-15-23(17)28(32)33-2)31-20-10-11-21(31)14-22(13-20)34-16-24-26(18-6-4-3-5-7-18)30-35-27(24)19-8-9-19;2-1(3)4/h3-7,12,15,19-22H,8-11,13-14,16H2,1-2H3;/t20-,21?,22?;/m0./s1. The highest BCUT2D eigenvalue weighted by Crippen LogP contribution is 2.45. The summed E-state index contributed by atoms with van der Waals surface area (Å²) in [4.78, 5) is 27.1. The van der Waals surface area contributed by atoms with E-state index in [4.69, 9.17) is 18.8 Å². The average Bonchev–Trinajstić information content (AvgIpc) is 3.62. The summed E-state index contributed by atoms with van der Waals surface area (Å²) in [5.74, 6) is 2.10. The van der Waals surface area contributed by atoms with Crippen LogP contribution in [0.25, 0.3) is 11.3 Å². The number of carbonyl (C=O) groups excluding carboxylic acids is 2. The van der Waals surface area contributed by atoms with E-state index in [1.807, 2.05) is 31.2 Å². The molecule has 3 atom stereocenters. The van der Waals surface area contributed by atoms with Crippen molar-refractivity contribution >= 4 is 18.1 Å². The first-order chi connectivity index (χ1) is 18.9. The van der Waals surface area contributed by atoms with Crippen molar-refractivity contribution in [2.45, 2.75) is 76.2 Å².